The van der Waals surface area contributed by atoms with E-state index in [9.17, 15) is 0 Å². The summed E-state index contributed by atoms with van der Waals surface area (Å²) in [5.41, 5.74) is 7.21. The number of hydrogen-bond acceptors (Lipinski definition) is 3. The summed E-state index contributed by atoms with van der Waals surface area (Å²) in [7, 11) is -1.55. The van der Waals surface area contributed by atoms with Gasteiger partial charge in [-0.2, -0.15) is 0 Å². The molecular formula is C37H36IrN2OSi-2. The van der Waals surface area contributed by atoms with Crippen molar-refractivity contribution in [1.29, 1.82) is 0 Å². The summed E-state index contributed by atoms with van der Waals surface area (Å²) < 4.78 is 6.37. The summed E-state index contributed by atoms with van der Waals surface area (Å²) in [6, 6.07) is 35.4. The molecule has 6 aromatic rings. The minimum Gasteiger partial charge on any atom is -0.501 e. The first-order valence-corrected chi connectivity index (χ1v) is 18.2. The largest absolute Gasteiger partial charge is 0.501 e. The zero-order chi connectivity index (χ0) is 28.2. The maximum absolute atomic E-state index is 6.37. The Morgan fingerprint density at radius 3 is 2.26 bits per heavy atom. The number of benzene rings is 3. The van der Waals surface area contributed by atoms with Crippen molar-refractivity contribution in [2.24, 2.45) is 0 Å². The van der Waals surface area contributed by atoms with Crippen LogP contribution in [0.3, 0.4) is 0 Å². The van der Waals surface area contributed by atoms with Crippen molar-refractivity contribution >= 4 is 35.2 Å². The molecule has 3 aromatic heterocycles. The summed E-state index contributed by atoms with van der Waals surface area (Å²) in [5, 5.41) is 3.86. The van der Waals surface area contributed by atoms with Gasteiger partial charge in [0.1, 0.15) is 5.58 Å². The average Bonchev–Trinajstić information content (AvgIpc) is 3.42. The first-order chi connectivity index (χ1) is 20.0. The van der Waals surface area contributed by atoms with E-state index in [-0.39, 0.29) is 20.1 Å². The van der Waals surface area contributed by atoms with Gasteiger partial charge in [-0.25, -0.2) is 0 Å². The normalized spacial score (nSPS) is 13.8. The molecule has 1 saturated carbocycles. The van der Waals surface area contributed by atoms with Crippen molar-refractivity contribution in [1.82, 2.24) is 9.97 Å². The van der Waals surface area contributed by atoms with Crippen molar-refractivity contribution in [2.45, 2.75) is 57.7 Å². The Hall–Kier alpha value is -3.37. The summed E-state index contributed by atoms with van der Waals surface area (Å²) in [4.78, 5) is 9.07. The predicted octanol–water partition coefficient (Wildman–Crippen LogP) is 9.59. The zero-order valence-corrected chi connectivity index (χ0v) is 27.9. The van der Waals surface area contributed by atoms with Crippen LogP contribution in [-0.2, 0) is 20.1 Å². The van der Waals surface area contributed by atoms with Crippen LogP contribution in [0.2, 0.25) is 19.6 Å². The van der Waals surface area contributed by atoms with Crippen molar-refractivity contribution in [3.8, 4) is 22.5 Å². The molecule has 3 aromatic carbocycles. The van der Waals surface area contributed by atoms with Gasteiger partial charge in [0.25, 0.3) is 0 Å². The van der Waals surface area contributed by atoms with E-state index in [2.05, 4.69) is 79.4 Å². The fourth-order valence-electron chi connectivity index (χ4n) is 5.86. The molecule has 0 bridgehead atoms. The summed E-state index contributed by atoms with van der Waals surface area (Å²) >= 11 is 0. The second kappa shape index (κ2) is 13.3. The molecule has 0 amide bonds. The minimum absolute atomic E-state index is 0. The Labute approximate surface area is 263 Å². The second-order valence-electron chi connectivity index (χ2n) is 11.9. The van der Waals surface area contributed by atoms with Crippen LogP contribution in [0.25, 0.3) is 44.5 Å². The van der Waals surface area contributed by atoms with E-state index in [0.717, 1.165) is 33.7 Å². The Morgan fingerprint density at radius 2 is 1.57 bits per heavy atom. The molecule has 0 unspecified atom stereocenters. The molecule has 0 atom stereocenters. The molecule has 0 aliphatic heterocycles. The molecule has 1 aliphatic carbocycles. The van der Waals surface area contributed by atoms with Crippen LogP contribution in [0, 0.1) is 12.1 Å². The summed E-state index contributed by atoms with van der Waals surface area (Å²) in [5.74, 6) is 0.676. The molecule has 42 heavy (non-hydrogen) atoms. The molecule has 1 fully saturated rings. The Morgan fingerprint density at radius 1 is 0.786 bits per heavy atom. The Balaban J connectivity index is 0.000000228. The van der Waals surface area contributed by atoms with Gasteiger partial charge in [-0.3, -0.25) is 0 Å². The Kier molecular flexibility index (Phi) is 9.52. The van der Waals surface area contributed by atoms with Gasteiger partial charge in [-0.1, -0.05) is 92.3 Å². The van der Waals surface area contributed by atoms with Crippen LogP contribution in [0.5, 0.6) is 0 Å². The van der Waals surface area contributed by atoms with Crippen LogP contribution in [0.15, 0.2) is 102 Å². The van der Waals surface area contributed by atoms with E-state index in [1.165, 1.54) is 53.6 Å². The third-order valence-corrected chi connectivity index (χ3v) is 10.0. The van der Waals surface area contributed by atoms with Crippen molar-refractivity contribution in [3.63, 3.8) is 0 Å². The fourth-order valence-corrected chi connectivity index (χ4v) is 7.36. The molecule has 5 heteroatoms. The van der Waals surface area contributed by atoms with Crippen LogP contribution in [0.4, 0.5) is 0 Å². The van der Waals surface area contributed by atoms with Crippen LogP contribution in [-0.4, -0.2) is 18.0 Å². The molecule has 0 spiro atoms. The topological polar surface area (TPSA) is 38.9 Å². The van der Waals surface area contributed by atoms with Crippen molar-refractivity contribution in [3.05, 3.63) is 115 Å². The van der Waals surface area contributed by atoms with Crippen molar-refractivity contribution in [2.75, 3.05) is 0 Å². The van der Waals surface area contributed by atoms with Gasteiger partial charge in [0.2, 0.25) is 0 Å². The standard InChI is InChI=1S/C26H28NOSi.C11H8N.Ir/c1-29(2,3)24-16-14-20(26-25(24)21-11-7-8-12-23(21)28-26)22-15-13-19(17-27-22)18-9-5-4-6-10-18;1-2-6-10(7-3-1)11-8-4-5-9-12-11;/h7-8,11-13,15-18H,4-6,9-10H2,1-3H3;1-6,8-9H;/q2*-1;. The maximum atomic E-state index is 6.37. The fraction of sp³-hybridized carbons (Fsp3) is 0.243. The molecule has 0 saturated heterocycles. The average molecular weight is 745 g/mol. The first kappa shape index (κ1) is 30.1. The van der Waals surface area contributed by atoms with Gasteiger partial charge in [0.05, 0.1) is 5.58 Å². The van der Waals surface area contributed by atoms with E-state index < -0.39 is 8.07 Å². The number of rotatable bonds is 4. The van der Waals surface area contributed by atoms with E-state index in [1.807, 2.05) is 48.5 Å². The number of pyridine rings is 2. The van der Waals surface area contributed by atoms with E-state index in [1.54, 1.807) is 6.20 Å². The summed E-state index contributed by atoms with van der Waals surface area (Å²) in [6.45, 7) is 7.15. The molecule has 1 aliphatic rings. The molecule has 3 nitrogen and oxygen atoms in total. The minimum atomic E-state index is -1.55. The third kappa shape index (κ3) is 6.49. The molecular weight excluding hydrogens is 709 g/mol. The van der Waals surface area contributed by atoms with Gasteiger partial charge >= 0.3 is 0 Å². The first-order valence-electron chi connectivity index (χ1n) is 14.7. The number of para-hydroxylation sites is 1. The monoisotopic (exact) mass is 745 g/mol. The van der Waals surface area contributed by atoms with Gasteiger partial charge in [-0.15, -0.1) is 53.2 Å². The maximum Gasteiger partial charge on any atom is 0.120 e. The molecule has 7 rings (SSSR count). The molecule has 1 radical (unpaired) electrons. The number of furan rings is 1. The molecule has 215 valence electrons. The number of fused-ring (bicyclic) bond motifs is 3. The predicted molar refractivity (Wildman–Crippen MR) is 173 cm³/mol. The van der Waals surface area contributed by atoms with E-state index in [0.29, 0.717) is 5.92 Å². The molecule has 0 N–H and O–H groups in total. The number of hydrogen-bond donors (Lipinski definition) is 0. The van der Waals surface area contributed by atoms with Gasteiger partial charge < -0.3 is 14.4 Å². The van der Waals surface area contributed by atoms with E-state index >= 15 is 0 Å². The zero-order valence-electron chi connectivity index (χ0n) is 24.5. The smallest absolute Gasteiger partial charge is 0.120 e. The van der Waals surface area contributed by atoms with Crippen LogP contribution >= 0.6 is 0 Å². The Bertz CT molecular complexity index is 1700. The SMILES string of the molecule is C[Si](C)(C)c1c[c-]c(-c2ccc(C3CCCCC3)cn2)c2oc3ccccc3c12.[Ir].[c-]1ccccc1-c1ccccn1. The van der Waals surface area contributed by atoms with Gasteiger partial charge in [-0.05, 0) is 47.8 Å². The van der Waals surface area contributed by atoms with Crippen molar-refractivity contribution < 1.29 is 24.5 Å². The van der Waals surface area contributed by atoms with Gasteiger partial charge in [0.15, 0.2) is 0 Å². The van der Waals surface area contributed by atoms with Gasteiger partial charge in [0, 0.05) is 46.0 Å². The second-order valence-corrected chi connectivity index (χ2v) is 17.0. The quantitative estimate of drug-likeness (QED) is 0.133. The number of aromatic nitrogens is 2. The summed E-state index contributed by atoms with van der Waals surface area (Å²) in [6.07, 6.45) is 10.5. The van der Waals surface area contributed by atoms with E-state index in [4.69, 9.17) is 9.40 Å². The van der Waals surface area contributed by atoms with Crippen LogP contribution < -0.4 is 5.19 Å². The number of nitrogens with zero attached hydrogens (tertiary/aromatic N) is 2. The molecule has 3 heterocycles. The third-order valence-electron chi connectivity index (χ3n) is 8.03. The van der Waals surface area contributed by atoms with Crippen LogP contribution in [0.1, 0.15) is 43.6 Å².